The molecule has 5 heteroatoms. The Bertz CT molecular complexity index is 333. The van der Waals surface area contributed by atoms with Gasteiger partial charge < -0.3 is 4.74 Å². The second-order valence-electron chi connectivity index (χ2n) is 3.86. The SMILES string of the molecule is C/C1=C(\C)OCCCCCCS(=O)(=O)N1. The molecule has 1 rings (SSSR count). The van der Waals surface area contributed by atoms with Crippen LogP contribution in [0.25, 0.3) is 0 Å². The highest BCUT2D eigenvalue weighted by Gasteiger charge is 2.12. The van der Waals surface area contributed by atoms with Gasteiger partial charge in [-0.05, 0) is 26.7 Å². The molecule has 0 fully saturated rings. The topological polar surface area (TPSA) is 55.4 Å². The van der Waals surface area contributed by atoms with Gasteiger partial charge in [0, 0.05) is 0 Å². The number of sulfonamides is 1. The minimum atomic E-state index is -3.17. The highest BCUT2D eigenvalue weighted by Crippen LogP contribution is 2.10. The molecule has 0 radical (unpaired) electrons. The zero-order valence-electron chi connectivity index (χ0n) is 9.38. The van der Waals surface area contributed by atoms with E-state index in [0.29, 0.717) is 18.1 Å². The van der Waals surface area contributed by atoms with Crippen LogP contribution in [0.5, 0.6) is 0 Å². The predicted molar refractivity (Wildman–Crippen MR) is 59.7 cm³/mol. The van der Waals surface area contributed by atoms with Crippen molar-refractivity contribution in [1.82, 2.24) is 4.72 Å². The van der Waals surface area contributed by atoms with Crippen molar-refractivity contribution in [2.45, 2.75) is 39.5 Å². The molecule has 0 unspecified atom stereocenters. The van der Waals surface area contributed by atoms with E-state index >= 15 is 0 Å². The lowest BCUT2D eigenvalue weighted by Crippen LogP contribution is -2.25. The van der Waals surface area contributed by atoms with E-state index in [4.69, 9.17) is 4.74 Å². The first-order valence-electron chi connectivity index (χ1n) is 5.32. The Kier molecular flexibility index (Phi) is 4.45. The van der Waals surface area contributed by atoms with Crippen LogP contribution in [0, 0.1) is 0 Å². The van der Waals surface area contributed by atoms with E-state index in [2.05, 4.69) is 4.72 Å². The van der Waals surface area contributed by atoms with E-state index in [1.165, 1.54) is 0 Å². The fourth-order valence-electron chi connectivity index (χ4n) is 1.44. The fraction of sp³-hybridized carbons (Fsp3) is 0.800. The van der Waals surface area contributed by atoms with Crippen LogP contribution in [-0.4, -0.2) is 20.8 Å². The van der Waals surface area contributed by atoms with Crippen molar-refractivity contribution in [3.63, 3.8) is 0 Å². The lowest BCUT2D eigenvalue weighted by atomic mass is 10.2. The summed E-state index contributed by atoms with van der Waals surface area (Å²) in [5, 5.41) is 0. The smallest absolute Gasteiger partial charge is 0.232 e. The molecular weight excluding hydrogens is 214 g/mol. The van der Waals surface area contributed by atoms with Crippen LogP contribution in [0.15, 0.2) is 11.5 Å². The molecule has 15 heavy (non-hydrogen) atoms. The van der Waals surface area contributed by atoms with Crippen LogP contribution in [0.1, 0.15) is 39.5 Å². The molecule has 0 saturated carbocycles. The lowest BCUT2D eigenvalue weighted by molar-refractivity contribution is 0.203. The summed E-state index contributed by atoms with van der Waals surface area (Å²) in [5.74, 6) is 0.873. The molecule has 1 aliphatic heterocycles. The molecule has 0 amide bonds. The summed E-state index contributed by atoms with van der Waals surface area (Å²) in [6, 6.07) is 0. The summed E-state index contributed by atoms with van der Waals surface area (Å²) in [4.78, 5) is 0. The third-order valence-corrected chi connectivity index (χ3v) is 3.91. The normalized spacial score (nSPS) is 28.4. The van der Waals surface area contributed by atoms with Crippen LogP contribution in [0.4, 0.5) is 0 Å². The molecule has 0 spiro atoms. The van der Waals surface area contributed by atoms with E-state index in [1.54, 1.807) is 13.8 Å². The summed E-state index contributed by atoms with van der Waals surface area (Å²) in [5.41, 5.74) is 0.594. The second-order valence-corrected chi connectivity index (χ2v) is 5.71. The van der Waals surface area contributed by atoms with Crippen LogP contribution in [0.3, 0.4) is 0 Å². The van der Waals surface area contributed by atoms with Crippen molar-refractivity contribution >= 4 is 10.0 Å². The highest BCUT2D eigenvalue weighted by molar-refractivity contribution is 7.89. The molecule has 1 aliphatic rings. The molecule has 0 aromatic rings. The third kappa shape index (κ3) is 4.55. The van der Waals surface area contributed by atoms with Crippen molar-refractivity contribution in [3.8, 4) is 0 Å². The lowest BCUT2D eigenvalue weighted by Gasteiger charge is -2.11. The molecule has 0 bridgehead atoms. The summed E-state index contributed by atoms with van der Waals surface area (Å²) in [6.07, 6.45) is 3.69. The third-order valence-electron chi connectivity index (χ3n) is 2.46. The summed E-state index contributed by atoms with van der Waals surface area (Å²) in [6.45, 7) is 4.19. The van der Waals surface area contributed by atoms with Gasteiger partial charge in [-0.2, -0.15) is 0 Å². The van der Waals surface area contributed by atoms with Gasteiger partial charge in [0.2, 0.25) is 10.0 Å². The Morgan fingerprint density at radius 1 is 1.13 bits per heavy atom. The van der Waals surface area contributed by atoms with Crippen molar-refractivity contribution in [1.29, 1.82) is 0 Å². The summed E-state index contributed by atoms with van der Waals surface area (Å²) < 4.78 is 31.1. The standard InChI is InChI=1S/C10H19NO3S/c1-9-10(2)14-7-5-3-4-6-8-15(12,13)11-9/h11H,3-8H2,1-2H3/b10-9-. The van der Waals surface area contributed by atoms with Crippen LogP contribution < -0.4 is 4.72 Å². The fourth-order valence-corrected chi connectivity index (χ4v) is 2.73. The Balaban J connectivity index is 2.75. The summed E-state index contributed by atoms with van der Waals surface area (Å²) in [7, 11) is -3.17. The minimum Gasteiger partial charge on any atom is -0.496 e. The van der Waals surface area contributed by atoms with E-state index in [1.807, 2.05) is 0 Å². The number of hydrogen-bond acceptors (Lipinski definition) is 3. The second kappa shape index (κ2) is 5.39. The average molecular weight is 233 g/mol. The first-order valence-corrected chi connectivity index (χ1v) is 6.97. The van der Waals surface area contributed by atoms with Gasteiger partial charge in [0.05, 0.1) is 18.1 Å². The summed E-state index contributed by atoms with van der Waals surface area (Å²) >= 11 is 0. The van der Waals surface area contributed by atoms with E-state index < -0.39 is 10.0 Å². The molecule has 1 heterocycles. The molecule has 4 nitrogen and oxygen atoms in total. The Morgan fingerprint density at radius 2 is 1.80 bits per heavy atom. The van der Waals surface area contributed by atoms with E-state index in [-0.39, 0.29) is 5.75 Å². The average Bonchev–Trinajstić information content (AvgIpc) is 2.15. The first-order chi connectivity index (χ1) is 7.01. The zero-order chi connectivity index (χ0) is 11.3. The van der Waals surface area contributed by atoms with Crippen molar-refractivity contribution in [2.75, 3.05) is 12.4 Å². The maximum atomic E-state index is 11.6. The van der Waals surface area contributed by atoms with Gasteiger partial charge in [0.25, 0.3) is 0 Å². The minimum absolute atomic E-state index is 0.206. The maximum Gasteiger partial charge on any atom is 0.232 e. The van der Waals surface area contributed by atoms with Crippen LogP contribution in [-0.2, 0) is 14.8 Å². The number of ether oxygens (including phenoxy) is 1. The number of allylic oxidation sites excluding steroid dienone is 2. The molecule has 0 saturated heterocycles. The van der Waals surface area contributed by atoms with Gasteiger partial charge in [0.1, 0.15) is 5.76 Å². The van der Waals surface area contributed by atoms with Gasteiger partial charge in [-0.15, -0.1) is 0 Å². The van der Waals surface area contributed by atoms with Crippen molar-refractivity contribution in [2.24, 2.45) is 0 Å². The molecular formula is C10H19NO3S. The number of rotatable bonds is 0. The quantitative estimate of drug-likeness (QED) is 0.693. The molecule has 0 aromatic carbocycles. The Labute approximate surface area is 91.8 Å². The van der Waals surface area contributed by atoms with Crippen molar-refractivity contribution < 1.29 is 13.2 Å². The van der Waals surface area contributed by atoms with Gasteiger partial charge in [0.15, 0.2) is 0 Å². The van der Waals surface area contributed by atoms with Gasteiger partial charge in [-0.25, -0.2) is 8.42 Å². The van der Waals surface area contributed by atoms with Crippen molar-refractivity contribution in [3.05, 3.63) is 11.5 Å². The first kappa shape index (κ1) is 12.4. The molecule has 88 valence electrons. The zero-order valence-corrected chi connectivity index (χ0v) is 10.2. The van der Waals surface area contributed by atoms with Gasteiger partial charge in [-0.3, -0.25) is 4.72 Å². The van der Waals surface area contributed by atoms with Gasteiger partial charge >= 0.3 is 0 Å². The van der Waals surface area contributed by atoms with Gasteiger partial charge in [-0.1, -0.05) is 12.8 Å². The molecule has 0 aromatic heterocycles. The number of nitrogens with one attached hydrogen (secondary N) is 1. The van der Waals surface area contributed by atoms with Crippen LogP contribution >= 0.6 is 0 Å². The van der Waals surface area contributed by atoms with Crippen LogP contribution in [0.2, 0.25) is 0 Å². The Hall–Kier alpha value is -0.710. The largest absolute Gasteiger partial charge is 0.496 e. The maximum absolute atomic E-state index is 11.6. The Morgan fingerprint density at radius 3 is 2.53 bits per heavy atom. The van der Waals surface area contributed by atoms with E-state index in [0.717, 1.165) is 25.7 Å². The molecule has 0 atom stereocenters. The predicted octanol–water partition coefficient (Wildman–Crippen LogP) is 1.75. The number of hydrogen-bond donors (Lipinski definition) is 1. The molecule has 1 N–H and O–H groups in total. The highest BCUT2D eigenvalue weighted by atomic mass is 32.2. The monoisotopic (exact) mass is 233 g/mol. The van der Waals surface area contributed by atoms with E-state index in [9.17, 15) is 8.42 Å². The molecule has 0 aliphatic carbocycles.